The molecule has 2 aliphatic heterocycles. The molecule has 0 bridgehead atoms. The quantitative estimate of drug-likeness (QED) is 0.584. The number of imidazole rings is 1. The zero-order chi connectivity index (χ0) is 20.3. The molecular formula is C23H25N3O3S. The van der Waals surface area contributed by atoms with Crippen LogP contribution in [0.25, 0.3) is 5.65 Å². The highest BCUT2D eigenvalue weighted by atomic mass is 32.2. The van der Waals surface area contributed by atoms with Crippen molar-refractivity contribution in [1.82, 2.24) is 14.3 Å². The lowest BCUT2D eigenvalue weighted by Gasteiger charge is -2.34. The van der Waals surface area contributed by atoms with Crippen molar-refractivity contribution in [3.8, 4) is 0 Å². The van der Waals surface area contributed by atoms with E-state index in [0.717, 1.165) is 46.9 Å². The van der Waals surface area contributed by atoms with E-state index in [1.807, 2.05) is 58.0 Å². The number of aromatic nitrogens is 2. The molecule has 2 aliphatic rings. The van der Waals surface area contributed by atoms with Gasteiger partial charge >= 0.3 is 0 Å². The van der Waals surface area contributed by atoms with Crippen LogP contribution in [0.15, 0.2) is 59.8 Å². The number of carbonyl (C=O) groups is 1. The van der Waals surface area contributed by atoms with Crippen molar-refractivity contribution in [3.05, 3.63) is 66.1 Å². The average molecular weight is 424 g/mol. The monoisotopic (exact) mass is 423 g/mol. The average Bonchev–Trinajstić information content (AvgIpc) is 3.47. The lowest BCUT2D eigenvalue weighted by molar-refractivity contribution is -0.0969. The fourth-order valence-corrected chi connectivity index (χ4v) is 4.94. The van der Waals surface area contributed by atoms with Gasteiger partial charge in [-0.2, -0.15) is 0 Å². The number of piperidine rings is 1. The van der Waals surface area contributed by atoms with Crippen LogP contribution in [0.3, 0.4) is 0 Å². The lowest BCUT2D eigenvalue weighted by Crippen LogP contribution is -2.43. The Balaban J connectivity index is 1.19. The maximum atomic E-state index is 13.0. The largest absolute Gasteiger partial charge is 0.350 e. The van der Waals surface area contributed by atoms with Crippen molar-refractivity contribution in [2.75, 3.05) is 26.3 Å². The number of hydrogen-bond acceptors (Lipinski definition) is 5. The highest BCUT2D eigenvalue weighted by molar-refractivity contribution is 7.98. The molecule has 0 radical (unpaired) electrons. The molecule has 0 N–H and O–H groups in total. The van der Waals surface area contributed by atoms with E-state index in [0.29, 0.717) is 19.8 Å². The molecule has 1 aromatic carbocycles. The van der Waals surface area contributed by atoms with Gasteiger partial charge in [-0.15, -0.1) is 11.8 Å². The van der Waals surface area contributed by atoms with Gasteiger partial charge in [0.15, 0.2) is 6.29 Å². The third kappa shape index (κ3) is 4.24. The SMILES string of the molecule is O=C(c1ccc(SCc2cn3ccccc3n2)cc1)N1CCCC(C2OCCO2)C1. The van der Waals surface area contributed by atoms with Crippen LogP contribution in [0.1, 0.15) is 28.9 Å². The van der Waals surface area contributed by atoms with Crippen molar-refractivity contribution in [1.29, 1.82) is 0 Å². The number of amides is 1. The van der Waals surface area contributed by atoms with E-state index in [4.69, 9.17) is 9.47 Å². The van der Waals surface area contributed by atoms with E-state index < -0.39 is 0 Å². The third-order valence-electron chi connectivity index (χ3n) is 5.68. The van der Waals surface area contributed by atoms with Crippen LogP contribution in [0.4, 0.5) is 0 Å². The number of ether oxygens (including phenoxy) is 2. The molecule has 1 amide bonds. The van der Waals surface area contributed by atoms with Crippen molar-refractivity contribution in [2.24, 2.45) is 5.92 Å². The molecular weight excluding hydrogens is 398 g/mol. The predicted molar refractivity (Wildman–Crippen MR) is 116 cm³/mol. The Labute approximate surface area is 180 Å². The number of fused-ring (bicyclic) bond motifs is 1. The van der Waals surface area contributed by atoms with Gasteiger partial charge in [0.1, 0.15) is 5.65 Å². The highest BCUT2D eigenvalue weighted by Gasteiger charge is 2.33. The molecule has 0 spiro atoms. The fourth-order valence-electron chi connectivity index (χ4n) is 4.16. The van der Waals surface area contributed by atoms with Gasteiger partial charge in [-0.3, -0.25) is 4.79 Å². The predicted octanol–water partition coefficient (Wildman–Crippen LogP) is 3.85. The van der Waals surface area contributed by atoms with Crippen LogP contribution in [-0.2, 0) is 15.2 Å². The van der Waals surface area contributed by atoms with Crippen LogP contribution < -0.4 is 0 Å². The molecule has 3 aromatic rings. The molecule has 7 heteroatoms. The van der Waals surface area contributed by atoms with Crippen molar-refractivity contribution < 1.29 is 14.3 Å². The smallest absolute Gasteiger partial charge is 0.253 e. The van der Waals surface area contributed by atoms with Crippen LogP contribution in [0.5, 0.6) is 0 Å². The van der Waals surface area contributed by atoms with Crippen molar-refractivity contribution in [3.63, 3.8) is 0 Å². The van der Waals surface area contributed by atoms with Gasteiger partial charge in [-0.1, -0.05) is 6.07 Å². The molecule has 30 heavy (non-hydrogen) atoms. The first-order valence-electron chi connectivity index (χ1n) is 10.4. The van der Waals surface area contributed by atoms with Gasteiger partial charge in [0.2, 0.25) is 0 Å². The summed E-state index contributed by atoms with van der Waals surface area (Å²) in [5.74, 6) is 1.16. The molecule has 6 nitrogen and oxygen atoms in total. The second kappa shape index (κ2) is 8.79. The Morgan fingerprint density at radius 1 is 1.13 bits per heavy atom. The Morgan fingerprint density at radius 3 is 2.77 bits per heavy atom. The van der Waals surface area contributed by atoms with Gasteiger partial charge in [0.05, 0.1) is 18.9 Å². The molecule has 0 aliphatic carbocycles. The zero-order valence-corrected chi connectivity index (χ0v) is 17.6. The molecule has 2 fully saturated rings. The minimum absolute atomic E-state index is 0.0922. The summed E-state index contributed by atoms with van der Waals surface area (Å²) in [5.41, 5.74) is 2.74. The molecule has 156 valence electrons. The Bertz CT molecular complexity index is 981. The summed E-state index contributed by atoms with van der Waals surface area (Å²) < 4.78 is 13.3. The van der Waals surface area contributed by atoms with Gasteiger partial charge in [-0.25, -0.2) is 4.98 Å². The van der Waals surface area contributed by atoms with Crippen LogP contribution >= 0.6 is 11.8 Å². The van der Waals surface area contributed by atoms with Crippen molar-refractivity contribution >= 4 is 23.3 Å². The molecule has 1 atom stereocenters. The van der Waals surface area contributed by atoms with E-state index in [1.54, 1.807) is 11.8 Å². The van der Waals surface area contributed by atoms with Crippen molar-refractivity contribution in [2.45, 2.75) is 29.8 Å². The second-order valence-electron chi connectivity index (χ2n) is 7.77. The summed E-state index contributed by atoms with van der Waals surface area (Å²) in [6.07, 6.45) is 5.95. The number of hydrogen-bond donors (Lipinski definition) is 0. The molecule has 2 saturated heterocycles. The molecule has 4 heterocycles. The Kier molecular flexibility index (Phi) is 5.75. The van der Waals surface area contributed by atoms with E-state index >= 15 is 0 Å². The first-order chi connectivity index (χ1) is 14.8. The first-order valence-corrected chi connectivity index (χ1v) is 11.4. The number of benzene rings is 1. The Morgan fingerprint density at radius 2 is 1.97 bits per heavy atom. The summed E-state index contributed by atoms with van der Waals surface area (Å²) in [6, 6.07) is 13.9. The minimum Gasteiger partial charge on any atom is -0.350 e. The third-order valence-corrected chi connectivity index (χ3v) is 6.72. The standard InChI is InChI=1S/C23H25N3O3S/c27-22(26-11-3-4-18(14-26)23-28-12-13-29-23)17-6-8-20(9-7-17)30-16-19-15-25-10-2-1-5-21(25)24-19/h1-2,5-10,15,18,23H,3-4,11-14,16H2. The highest BCUT2D eigenvalue weighted by Crippen LogP contribution is 2.27. The number of carbonyl (C=O) groups excluding carboxylic acids is 1. The summed E-state index contributed by atoms with van der Waals surface area (Å²) in [6.45, 7) is 2.81. The van der Waals surface area contributed by atoms with Crippen LogP contribution in [0, 0.1) is 5.92 Å². The van der Waals surface area contributed by atoms with Crippen LogP contribution in [-0.4, -0.2) is 52.8 Å². The van der Waals surface area contributed by atoms with Gasteiger partial charge in [0.25, 0.3) is 5.91 Å². The molecule has 2 aromatic heterocycles. The van der Waals surface area contributed by atoms with E-state index in [9.17, 15) is 4.79 Å². The maximum absolute atomic E-state index is 13.0. The maximum Gasteiger partial charge on any atom is 0.253 e. The number of nitrogens with zero attached hydrogens (tertiary/aromatic N) is 3. The molecule has 1 unspecified atom stereocenters. The first kappa shape index (κ1) is 19.6. The van der Waals surface area contributed by atoms with Gasteiger partial charge in [-0.05, 0) is 49.2 Å². The summed E-state index contributed by atoms with van der Waals surface area (Å²) in [7, 11) is 0. The normalized spacial score (nSPS) is 20.1. The second-order valence-corrected chi connectivity index (χ2v) is 8.82. The molecule has 5 rings (SSSR count). The molecule has 0 saturated carbocycles. The van der Waals surface area contributed by atoms with E-state index in [2.05, 4.69) is 11.2 Å². The lowest BCUT2D eigenvalue weighted by atomic mass is 9.96. The Hall–Kier alpha value is -2.35. The van der Waals surface area contributed by atoms with Crippen LogP contribution in [0.2, 0.25) is 0 Å². The number of thioether (sulfide) groups is 1. The summed E-state index contributed by atoms with van der Waals surface area (Å²) in [4.78, 5) is 20.7. The van der Waals surface area contributed by atoms with E-state index in [-0.39, 0.29) is 18.1 Å². The fraction of sp³-hybridized carbons (Fsp3) is 0.391. The summed E-state index contributed by atoms with van der Waals surface area (Å²) in [5, 5.41) is 0. The summed E-state index contributed by atoms with van der Waals surface area (Å²) >= 11 is 1.73. The zero-order valence-electron chi connectivity index (χ0n) is 16.8. The number of likely N-dealkylation sites (tertiary alicyclic amines) is 1. The number of pyridine rings is 1. The van der Waals surface area contributed by atoms with Gasteiger partial charge < -0.3 is 18.8 Å². The number of rotatable bonds is 5. The van der Waals surface area contributed by atoms with E-state index in [1.165, 1.54) is 0 Å². The van der Waals surface area contributed by atoms with Gasteiger partial charge in [0, 0.05) is 47.6 Å². The topological polar surface area (TPSA) is 56.1 Å². The minimum atomic E-state index is -0.154.